The normalized spacial score (nSPS) is 10.6. The van der Waals surface area contributed by atoms with Gasteiger partial charge in [-0.3, -0.25) is 4.79 Å². The number of hydrogen-bond donors (Lipinski definition) is 2. The van der Waals surface area contributed by atoms with Crippen LogP contribution < -0.4 is 15.8 Å². The van der Waals surface area contributed by atoms with Gasteiger partial charge in [-0.2, -0.15) is 0 Å². The van der Waals surface area contributed by atoms with Gasteiger partial charge in [-0.15, -0.1) is 0 Å². The van der Waals surface area contributed by atoms with E-state index in [1.165, 1.54) is 5.56 Å². The fraction of sp³-hybridized carbons (Fsp3) is 0.316. The molecule has 0 aliphatic carbocycles. The summed E-state index contributed by atoms with van der Waals surface area (Å²) >= 11 is 0. The monoisotopic (exact) mass is 312 g/mol. The molecular weight excluding hydrogens is 288 g/mol. The van der Waals surface area contributed by atoms with E-state index >= 15 is 0 Å². The minimum atomic E-state index is -0.102. The second-order valence-electron chi connectivity index (χ2n) is 5.70. The summed E-state index contributed by atoms with van der Waals surface area (Å²) in [6.45, 7) is 5.65. The molecule has 3 N–H and O–H groups in total. The lowest BCUT2D eigenvalue weighted by atomic mass is 10.0. The molecule has 0 aliphatic rings. The molecule has 4 nitrogen and oxygen atoms in total. The summed E-state index contributed by atoms with van der Waals surface area (Å²) in [7, 11) is 0. The molecule has 0 radical (unpaired) electrons. The van der Waals surface area contributed by atoms with E-state index in [4.69, 9.17) is 10.5 Å². The zero-order chi connectivity index (χ0) is 16.7. The predicted octanol–water partition coefficient (Wildman–Crippen LogP) is 3.08. The highest BCUT2D eigenvalue weighted by molar-refractivity contribution is 5.94. The maximum atomic E-state index is 12.0. The van der Waals surface area contributed by atoms with Gasteiger partial charge in [-0.05, 0) is 35.2 Å². The van der Waals surface area contributed by atoms with Crippen LogP contribution in [-0.2, 0) is 6.54 Å². The fourth-order valence-corrected chi connectivity index (χ4v) is 2.31. The predicted molar refractivity (Wildman–Crippen MR) is 92.7 cm³/mol. The standard InChI is InChI=1S/C19H24N2O2/c1-14(2)17-5-3-4-6-18(17)23-12-11-21-19(22)16-9-7-15(13-20)8-10-16/h3-10,14H,11-13,20H2,1-2H3,(H,21,22). The number of carbonyl (C=O) groups is 1. The van der Waals surface area contributed by atoms with E-state index in [1.807, 2.05) is 30.3 Å². The van der Waals surface area contributed by atoms with Crippen molar-refractivity contribution in [3.63, 3.8) is 0 Å². The third kappa shape index (κ3) is 4.83. The number of para-hydroxylation sites is 1. The first-order chi connectivity index (χ1) is 11.1. The highest BCUT2D eigenvalue weighted by atomic mass is 16.5. The molecule has 23 heavy (non-hydrogen) atoms. The van der Waals surface area contributed by atoms with Crippen LogP contribution in [0.15, 0.2) is 48.5 Å². The number of carbonyl (C=O) groups excluding carboxylic acids is 1. The van der Waals surface area contributed by atoms with Gasteiger partial charge in [0.1, 0.15) is 12.4 Å². The highest BCUT2D eigenvalue weighted by Gasteiger charge is 2.07. The maximum Gasteiger partial charge on any atom is 0.251 e. The van der Waals surface area contributed by atoms with Gasteiger partial charge in [-0.25, -0.2) is 0 Å². The molecule has 0 unspecified atom stereocenters. The average molecular weight is 312 g/mol. The van der Waals surface area contributed by atoms with Gasteiger partial charge in [0.25, 0.3) is 5.91 Å². The van der Waals surface area contributed by atoms with Crippen LogP contribution in [0.1, 0.15) is 41.3 Å². The quantitative estimate of drug-likeness (QED) is 0.772. The second-order valence-corrected chi connectivity index (χ2v) is 5.70. The summed E-state index contributed by atoms with van der Waals surface area (Å²) in [5.74, 6) is 1.18. The molecular formula is C19H24N2O2. The van der Waals surface area contributed by atoms with Gasteiger partial charge in [0.05, 0.1) is 6.54 Å². The zero-order valence-electron chi connectivity index (χ0n) is 13.7. The summed E-state index contributed by atoms with van der Waals surface area (Å²) in [4.78, 5) is 12.0. The Morgan fingerprint density at radius 3 is 2.48 bits per heavy atom. The lowest BCUT2D eigenvalue weighted by Gasteiger charge is -2.14. The number of nitrogens with two attached hydrogens (primary N) is 1. The van der Waals surface area contributed by atoms with Crippen molar-refractivity contribution in [2.24, 2.45) is 5.73 Å². The summed E-state index contributed by atoms with van der Waals surface area (Å²) < 4.78 is 5.79. The highest BCUT2D eigenvalue weighted by Crippen LogP contribution is 2.25. The number of nitrogens with one attached hydrogen (secondary N) is 1. The van der Waals surface area contributed by atoms with Crippen LogP contribution in [0.25, 0.3) is 0 Å². The van der Waals surface area contributed by atoms with Crippen LogP contribution in [0, 0.1) is 0 Å². The Kier molecular flexibility index (Phi) is 6.18. The Morgan fingerprint density at radius 1 is 1.13 bits per heavy atom. The van der Waals surface area contributed by atoms with E-state index < -0.39 is 0 Å². The average Bonchev–Trinajstić information content (AvgIpc) is 2.58. The van der Waals surface area contributed by atoms with Crippen molar-refractivity contribution >= 4 is 5.91 Å². The van der Waals surface area contributed by atoms with E-state index in [-0.39, 0.29) is 5.91 Å². The van der Waals surface area contributed by atoms with Gasteiger partial charge >= 0.3 is 0 Å². The number of amides is 1. The topological polar surface area (TPSA) is 64.3 Å². The molecule has 2 aromatic carbocycles. The van der Waals surface area contributed by atoms with Crippen molar-refractivity contribution < 1.29 is 9.53 Å². The molecule has 0 saturated carbocycles. The van der Waals surface area contributed by atoms with E-state index in [9.17, 15) is 4.79 Å². The third-order valence-corrected chi connectivity index (χ3v) is 3.64. The minimum absolute atomic E-state index is 0.102. The van der Waals surface area contributed by atoms with Crippen LogP contribution >= 0.6 is 0 Å². The number of hydrogen-bond acceptors (Lipinski definition) is 3. The zero-order valence-corrected chi connectivity index (χ0v) is 13.7. The Balaban J connectivity index is 1.82. The lowest BCUT2D eigenvalue weighted by Crippen LogP contribution is -2.28. The van der Waals surface area contributed by atoms with Crippen LogP contribution in [0.4, 0.5) is 0 Å². The molecule has 0 fully saturated rings. The minimum Gasteiger partial charge on any atom is -0.491 e. The van der Waals surface area contributed by atoms with Gasteiger partial charge in [0.2, 0.25) is 0 Å². The van der Waals surface area contributed by atoms with Crippen molar-refractivity contribution in [1.82, 2.24) is 5.32 Å². The third-order valence-electron chi connectivity index (χ3n) is 3.64. The molecule has 0 atom stereocenters. The number of benzene rings is 2. The smallest absolute Gasteiger partial charge is 0.251 e. The van der Waals surface area contributed by atoms with Crippen LogP contribution in [-0.4, -0.2) is 19.1 Å². The molecule has 1 amide bonds. The van der Waals surface area contributed by atoms with E-state index in [0.29, 0.717) is 31.2 Å². The largest absolute Gasteiger partial charge is 0.491 e. The summed E-state index contributed by atoms with van der Waals surface area (Å²) in [6.07, 6.45) is 0. The molecule has 4 heteroatoms. The van der Waals surface area contributed by atoms with Gasteiger partial charge in [0, 0.05) is 12.1 Å². The molecule has 2 aromatic rings. The van der Waals surface area contributed by atoms with Crippen LogP contribution in [0.3, 0.4) is 0 Å². The van der Waals surface area contributed by atoms with Crippen LogP contribution in [0.5, 0.6) is 5.75 Å². The Hall–Kier alpha value is -2.33. The Bertz CT molecular complexity index is 636. The van der Waals surface area contributed by atoms with Gasteiger partial charge in [-0.1, -0.05) is 44.2 Å². The number of ether oxygens (including phenoxy) is 1. The molecule has 0 spiro atoms. The van der Waals surface area contributed by atoms with Crippen molar-refractivity contribution in [2.45, 2.75) is 26.3 Å². The Morgan fingerprint density at radius 2 is 1.83 bits per heavy atom. The van der Waals surface area contributed by atoms with Crippen LogP contribution in [0.2, 0.25) is 0 Å². The molecule has 0 saturated heterocycles. The molecule has 2 rings (SSSR count). The lowest BCUT2D eigenvalue weighted by molar-refractivity contribution is 0.0947. The van der Waals surface area contributed by atoms with Crippen molar-refractivity contribution in [1.29, 1.82) is 0 Å². The first-order valence-electron chi connectivity index (χ1n) is 7.90. The first-order valence-corrected chi connectivity index (χ1v) is 7.90. The van der Waals surface area contributed by atoms with Crippen molar-refractivity contribution in [2.75, 3.05) is 13.2 Å². The second kappa shape index (κ2) is 8.34. The molecule has 0 bridgehead atoms. The van der Waals surface area contributed by atoms with Gasteiger partial charge < -0.3 is 15.8 Å². The summed E-state index contributed by atoms with van der Waals surface area (Å²) in [5.41, 5.74) is 8.36. The summed E-state index contributed by atoms with van der Waals surface area (Å²) in [5, 5.41) is 2.86. The maximum absolute atomic E-state index is 12.0. The number of rotatable bonds is 7. The summed E-state index contributed by atoms with van der Waals surface area (Å²) in [6, 6.07) is 15.3. The molecule has 0 heterocycles. The van der Waals surface area contributed by atoms with E-state index in [2.05, 4.69) is 25.2 Å². The molecule has 0 aromatic heterocycles. The Labute approximate surface area is 137 Å². The van der Waals surface area contributed by atoms with E-state index in [0.717, 1.165) is 11.3 Å². The molecule has 0 aliphatic heterocycles. The first kappa shape index (κ1) is 17.0. The van der Waals surface area contributed by atoms with Gasteiger partial charge in [0.15, 0.2) is 0 Å². The van der Waals surface area contributed by atoms with E-state index in [1.54, 1.807) is 12.1 Å². The van der Waals surface area contributed by atoms with Crippen molar-refractivity contribution in [3.8, 4) is 5.75 Å². The SMILES string of the molecule is CC(C)c1ccccc1OCCNC(=O)c1ccc(CN)cc1. The molecule has 122 valence electrons. The fourth-order valence-electron chi connectivity index (χ4n) is 2.31. The van der Waals surface area contributed by atoms with Crippen molar-refractivity contribution in [3.05, 3.63) is 65.2 Å².